The van der Waals surface area contributed by atoms with Crippen LogP contribution in [0, 0.1) is 5.92 Å². The van der Waals surface area contributed by atoms with Crippen molar-refractivity contribution >= 4 is 98.6 Å². The number of methoxy groups -OCH3 is 2. The summed E-state index contributed by atoms with van der Waals surface area (Å²) in [5.74, 6) is -0.185. The first-order chi connectivity index (χ1) is 32.9. The Morgan fingerprint density at radius 2 is 1.01 bits per heavy atom. The number of carbonyl (C=O) groups is 4. The number of nitrogens with zero attached hydrogens (tertiary/aromatic N) is 2. The van der Waals surface area contributed by atoms with Crippen molar-refractivity contribution in [1.29, 1.82) is 0 Å². The topological polar surface area (TPSA) is 123 Å². The van der Waals surface area contributed by atoms with Crippen molar-refractivity contribution in [1.82, 2.24) is 9.80 Å². The van der Waals surface area contributed by atoms with Gasteiger partial charge in [0, 0.05) is 70.1 Å². The van der Waals surface area contributed by atoms with Crippen LogP contribution >= 0.6 is 31.9 Å². The second-order valence-corrected chi connectivity index (χ2v) is 19.4. The Labute approximate surface area is 410 Å². The van der Waals surface area contributed by atoms with Gasteiger partial charge in [-0.25, -0.2) is 0 Å². The number of amides is 4. The number of aliphatic hydroxyl groups excluding tert-OH is 1. The number of aliphatic hydroxyl groups is 1. The SMILES string of the molecule is CCCCC(CC)CN1C(=O)c2ccc3c4c(Br)cc5c6c(ccc(c7c(Br)cc(c2c37)C1=O)c64)C(=O)N(C[C@H](O)COC(c1ccccc1)(c1ccc(OC)cc1)c1ccc(OC)cc1)C5=O. The van der Waals surface area contributed by atoms with Crippen molar-refractivity contribution < 1.29 is 38.5 Å². The molecule has 4 amide bonds. The van der Waals surface area contributed by atoms with Crippen LogP contribution in [0.4, 0.5) is 0 Å². The van der Waals surface area contributed by atoms with E-state index in [2.05, 4.69) is 45.7 Å². The number of ether oxygens (including phenoxy) is 3. The zero-order valence-corrected chi connectivity index (χ0v) is 41.2. The van der Waals surface area contributed by atoms with Crippen molar-refractivity contribution in [3.63, 3.8) is 0 Å². The molecule has 1 N–H and O–H groups in total. The number of rotatable bonds is 16. The number of unbranched alkanes of at least 4 members (excludes halogenated alkanes) is 1. The molecule has 8 aromatic rings. The smallest absolute Gasteiger partial charge is 0.261 e. The van der Waals surface area contributed by atoms with Gasteiger partial charge in [0.2, 0.25) is 0 Å². The maximum Gasteiger partial charge on any atom is 0.261 e. The van der Waals surface area contributed by atoms with Crippen LogP contribution in [0.5, 0.6) is 11.5 Å². The van der Waals surface area contributed by atoms with Crippen LogP contribution in [0.1, 0.15) is 97.7 Å². The van der Waals surface area contributed by atoms with E-state index < -0.39 is 23.5 Å². The second-order valence-electron chi connectivity index (χ2n) is 17.7. The van der Waals surface area contributed by atoms with Crippen molar-refractivity contribution in [2.24, 2.45) is 5.92 Å². The molecule has 0 saturated carbocycles. The van der Waals surface area contributed by atoms with E-state index in [4.69, 9.17) is 14.2 Å². The Hall–Kier alpha value is -6.18. The van der Waals surface area contributed by atoms with Crippen molar-refractivity contribution in [2.45, 2.75) is 51.2 Å². The molecule has 344 valence electrons. The summed E-state index contributed by atoms with van der Waals surface area (Å²) in [5, 5.41) is 17.5. The highest BCUT2D eigenvalue weighted by atomic mass is 79.9. The molecule has 12 heteroatoms. The molecule has 0 saturated heterocycles. The lowest BCUT2D eigenvalue weighted by molar-refractivity contribution is -0.0432. The standard InChI is InChI=1S/C56H48Br2N2O8/c1-5-7-11-31(6-2)28-59-52(62)40-24-22-38-49-45(58)27-43-47-41(25-23-39(51(47)49)48-44(57)26-42(54(59)64)46(40)50(38)48)53(63)60(55(43)65)29-35(61)30-68-56(32-12-9-8-10-13-32,33-14-18-36(66-3)19-15-33)34-16-20-37(67-4)21-17-34/h8-10,12-27,31,35,61H,5-7,11,28-30H2,1-4H3/t31?,35-/m0/s1. The van der Waals surface area contributed by atoms with Gasteiger partial charge in [0.1, 0.15) is 17.1 Å². The summed E-state index contributed by atoms with van der Waals surface area (Å²) >= 11 is 7.67. The van der Waals surface area contributed by atoms with E-state index in [1.165, 1.54) is 4.90 Å². The summed E-state index contributed by atoms with van der Waals surface area (Å²) < 4.78 is 19.2. The highest BCUT2D eigenvalue weighted by Gasteiger charge is 2.42. The fourth-order valence-corrected chi connectivity index (χ4v) is 11.8. The van der Waals surface area contributed by atoms with Crippen LogP contribution in [0.25, 0.3) is 43.1 Å². The van der Waals surface area contributed by atoms with Crippen LogP contribution in [-0.4, -0.2) is 78.6 Å². The third-order valence-corrected chi connectivity index (χ3v) is 15.2. The van der Waals surface area contributed by atoms with Gasteiger partial charge >= 0.3 is 0 Å². The molecule has 1 unspecified atom stereocenters. The average molecular weight is 1040 g/mol. The predicted octanol–water partition coefficient (Wildman–Crippen LogP) is 12.1. The molecule has 2 heterocycles. The maximum atomic E-state index is 14.7. The molecule has 2 aliphatic heterocycles. The summed E-state index contributed by atoms with van der Waals surface area (Å²) in [4.78, 5) is 60.5. The lowest BCUT2D eigenvalue weighted by atomic mass is 9.80. The van der Waals surface area contributed by atoms with Gasteiger partial charge < -0.3 is 19.3 Å². The normalized spacial score (nSPS) is 14.8. The molecule has 68 heavy (non-hydrogen) atoms. The fraction of sp³-hybridized carbons (Fsp3) is 0.250. The Balaban J connectivity index is 1.02. The molecule has 10 rings (SSSR count). The minimum atomic E-state index is -1.30. The number of hydrogen-bond donors (Lipinski definition) is 1. The number of hydrogen-bond acceptors (Lipinski definition) is 8. The molecular weight excluding hydrogens is 988 g/mol. The molecule has 10 nitrogen and oxygen atoms in total. The van der Waals surface area contributed by atoms with Crippen LogP contribution in [0.15, 0.2) is 124 Å². The van der Waals surface area contributed by atoms with E-state index >= 15 is 0 Å². The van der Waals surface area contributed by atoms with Gasteiger partial charge in [-0.1, -0.05) is 132 Å². The van der Waals surface area contributed by atoms with Crippen LogP contribution in [-0.2, 0) is 10.3 Å². The number of imide groups is 2. The van der Waals surface area contributed by atoms with Crippen LogP contribution < -0.4 is 9.47 Å². The van der Waals surface area contributed by atoms with E-state index in [1.54, 1.807) is 32.4 Å². The zero-order chi connectivity index (χ0) is 47.6. The lowest BCUT2D eigenvalue weighted by Gasteiger charge is -2.37. The van der Waals surface area contributed by atoms with Gasteiger partial charge in [-0.2, -0.15) is 0 Å². The zero-order valence-electron chi connectivity index (χ0n) is 38.0. The van der Waals surface area contributed by atoms with Gasteiger partial charge in [-0.15, -0.1) is 0 Å². The summed E-state index contributed by atoms with van der Waals surface area (Å²) in [6, 6.07) is 35.6. The highest BCUT2D eigenvalue weighted by Crippen LogP contribution is 2.51. The van der Waals surface area contributed by atoms with Gasteiger partial charge in [-0.05, 0) is 88.3 Å². The summed E-state index contributed by atoms with van der Waals surface area (Å²) in [5.41, 5.74) is 2.64. The first-order valence-electron chi connectivity index (χ1n) is 22.9. The number of fused-ring (bicyclic) bond motifs is 2. The Morgan fingerprint density at radius 3 is 1.47 bits per heavy atom. The van der Waals surface area contributed by atoms with Crippen molar-refractivity contribution in [3.05, 3.63) is 163 Å². The Morgan fingerprint density at radius 1 is 0.559 bits per heavy atom. The third-order valence-electron chi connectivity index (χ3n) is 14.0. The van der Waals surface area contributed by atoms with Gasteiger partial charge in [0.25, 0.3) is 23.6 Å². The lowest BCUT2D eigenvalue weighted by Crippen LogP contribution is -2.46. The minimum absolute atomic E-state index is 0.204. The average Bonchev–Trinajstić information content (AvgIpc) is 3.36. The monoisotopic (exact) mass is 1030 g/mol. The van der Waals surface area contributed by atoms with E-state index in [1.807, 2.05) is 97.1 Å². The maximum absolute atomic E-state index is 14.7. The molecule has 0 spiro atoms. The predicted molar refractivity (Wildman–Crippen MR) is 271 cm³/mol. The Kier molecular flexibility index (Phi) is 12.1. The van der Waals surface area contributed by atoms with Crippen molar-refractivity contribution in [3.8, 4) is 11.5 Å². The number of carbonyl (C=O) groups excluding carboxylic acids is 4. The second kappa shape index (κ2) is 18.0. The molecular formula is C56H48Br2N2O8. The number of halogens is 2. The van der Waals surface area contributed by atoms with Crippen LogP contribution in [0.2, 0.25) is 0 Å². The quantitative estimate of drug-likeness (QED) is 0.0439. The summed E-state index contributed by atoms with van der Waals surface area (Å²) in [6.45, 7) is 4.01. The van der Waals surface area contributed by atoms with Gasteiger partial charge in [-0.3, -0.25) is 29.0 Å². The molecule has 0 aliphatic carbocycles. The third kappa shape index (κ3) is 7.18. The molecule has 2 atom stereocenters. The van der Waals surface area contributed by atoms with E-state index in [-0.39, 0.29) is 30.9 Å². The van der Waals surface area contributed by atoms with E-state index in [0.29, 0.717) is 65.4 Å². The fourth-order valence-electron chi connectivity index (χ4n) is 10.5. The molecule has 8 aromatic carbocycles. The summed E-state index contributed by atoms with van der Waals surface area (Å²) in [7, 11) is 3.20. The molecule has 0 aromatic heterocycles. The van der Waals surface area contributed by atoms with Gasteiger partial charge in [0.15, 0.2) is 0 Å². The molecule has 2 aliphatic rings. The van der Waals surface area contributed by atoms with Gasteiger partial charge in [0.05, 0.1) is 33.5 Å². The highest BCUT2D eigenvalue weighted by molar-refractivity contribution is 9.11. The van der Waals surface area contributed by atoms with E-state index in [9.17, 15) is 24.3 Å². The largest absolute Gasteiger partial charge is 0.497 e. The molecule has 0 bridgehead atoms. The van der Waals surface area contributed by atoms with E-state index in [0.717, 1.165) is 74.2 Å². The minimum Gasteiger partial charge on any atom is -0.497 e. The molecule has 0 fully saturated rings. The van der Waals surface area contributed by atoms with Crippen LogP contribution in [0.3, 0.4) is 0 Å². The first-order valence-corrected chi connectivity index (χ1v) is 24.5. The first kappa shape index (κ1) is 45.6. The summed E-state index contributed by atoms with van der Waals surface area (Å²) in [6.07, 6.45) is 2.58. The Bertz CT molecular complexity index is 3270. The van der Waals surface area contributed by atoms with Crippen molar-refractivity contribution in [2.75, 3.05) is 33.9 Å². The number of β-amino-alcohol motifs (C(OH)–C–C–N with tert-alkyl or cyclic N) is 1. The number of benzene rings is 8. The molecule has 0 radical (unpaired) electrons.